The van der Waals surface area contributed by atoms with Crippen LogP contribution in [0.2, 0.25) is 0 Å². The second-order valence-electron chi connectivity index (χ2n) is 7.85. The Morgan fingerprint density at radius 2 is 2.13 bits per heavy atom. The molecule has 1 aliphatic rings. The van der Waals surface area contributed by atoms with E-state index in [2.05, 4.69) is 24.4 Å². The topological polar surface area (TPSA) is 64.0 Å². The van der Waals surface area contributed by atoms with Crippen LogP contribution in [-0.4, -0.2) is 27.8 Å². The zero-order valence-corrected chi connectivity index (χ0v) is 19.1. The van der Waals surface area contributed by atoms with Crippen molar-refractivity contribution in [2.24, 2.45) is 5.92 Å². The number of thiophene rings is 1. The van der Waals surface area contributed by atoms with Crippen molar-refractivity contribution in [3.8, 4) is 0 Å². The molecule has 2 aromatic heterocycles. The largest absolute Gasteiger partial charge is 0.355 e. The zero-order valence-electron chi connectivity index (χ0n) is 17.4. The lowest BCUT2D eigenvalue weighted by atomic mass is 9.89. The standard InChI is InChI=1S/C23H27N3O2S2/c1-3-26-22(28)20-17-10-9-15(2)13-18(17)30-21(20)25-23(26)29-14-19(27)24-12-11-16-7-5-4-6-8-16/h4-8,15H,3,9-14H2,1-2H3,(H,24,27). The molecule has 4 rings (SSSR count). The van der Waals surface area contributed by atoms with Crippen molar-refractivity contribution >= 4 is 39.2 Å². The lowest BCUT2D eigenvalue weighted by Crippen LogP contribution is -2.28. The quantitative estimate of drug-likeness (QED) is 0.444. The number of nitrogens with one attached hydrogen (secondary N) is 1. The number of aromatic nitrogens is 2. The maximum Gasteiger partial charge on any atom is 0.263 e. The summed E-state index contributed by atoms with van der Waals surface area (Å²) in [6.07, 6.45) is 3.94. The average Bonchev–Trinajstić information content (AvgIpc) is 3.10. The summed E-state index contributed by atoms with van der Waals surface area (Å²) in [6.45, 7) is 5.38. The minimum Gasteiger partial charge on any atom is -0.355 e. The van der Waals surface area contributed by atoms with Crippen molar-refractivity contribution in [2.75, 3.05) is 12.3 Å². The highest BCUT2D eigenvalue weighted by molar-refractivity contribution is 7.99. The molecule has 1 atom stereocenters. The number of hydrogen-bond acceptors (Lipinski definition) is 5. The molecule has 0 spiro atoms. The summed E-state index contributed by atoms with van der Waals surface area (Å²) in [4.78, 5) is 32.4. The van der Waals surface area contributed by atoms with Gasteiger partial charge in [0.05, 0.1) is 11.1 Å². The predicted molar refractivity (Wildman–Crippen MR) is 125 cm³/mol. The molecule has 5 nitrogen and oxygen atoms in total. The second-order valence-corrected chi connectivity index (χ2v) is 9.88. The number of nitrogens with zero attached hydrogens (tertiary/aromatic N) is 2. The first kappa shape index (κ1) is 21.1. The third-order valence-electron chi connectivity index (χ3n) is 5.61. The summed E-state index contributed by atoms with van der Waals surface area (Å²) in [5.41, 5.74) is 2.46. The summed E-state index contributed by atoms with van der Waals surface area (Å²) < 4.78 is 1.72. The Morgan fingerprint density at radius 3 is 2.90 bits per heavy atom. The smallest absolute Gasteiger partial charge is 0.263 e. The average molecular weight is 442 g/mol. The normalized spacial score (nSPS) is 15.9. The third kappa shape index (κ3) is 4.47. The molecular formula is C23H27N3O2S2. The Morgan fingerprint density at radius 1 is 1.33 bits per heavy atom. The van der Waals surface area contributed by atoms with E-state index >= 15 is 0 Å². The fourth-order valence-electron chi connectivity index (χ4n) is 3.97. The molecule has 0 aliphatic heterocycles. The molecule has 1 aromatic carbocycles. The van der Waals surface area contributed by atoms with Gasteiger partial charge < -0.3 is 5.32 Å². The molecule has 2 heterocycles. The van der Waals surface area contributed by atoms with Crippen LogP contribution in [0.4, 0.5) is 0 Å². The predicted octanol–water partition coefficient (Wildman–Crippen LogP) is 4.05. The Hall–Kier alpha value is -2.12. The fourth-order valence-corrected chi connectivity index (χ4v) is 6.28. The molecule has 158 valence electrons. The van der Waals surface area contributed by atoms with E-state index in [9.17, 15) is 9.59 Å². The van der Waals surface area contributed by atoms with Gasteiger partial charge in [-0.25, -0.2) is 4.98 Å². The van der Waals surface area contributed by atoms with E-state index in [-0.39, 0.29) is 17.2 Å². The van der Waals surface area contributed by atoms with E-state index in [0.29, 0.717) is 24.2 Å². The third-order valence-corrected chi connectivity index (χ3v) is 7.73. The number of rotatable bonds is 7. The molecule has 0 bridgehead atoms. The summed E-state index contributed by atoms with van der Waals surface area (Å²) in [5, 5.41) is 4.41. The maximum atomic E-state index is 13.2. The van der Waals surface area contributed by atoms with Crippen LogP contribution in [0, 0.1) is 5.92 Å². The van der Waals surface area contributed by atoms with Crippen LogP contribution >= 0.6 is 23.1 Å². The SMILES string of the molecule is CCn1c(SCC(=O)NCCc2ccccc2)nc2sc3c(c2c1=O)CCC(C)C3. The van der Waals surface area contributed by atoms with Crippen molar-refractivity contribution in [1.82, 2.24) is 14.9 Å². The number of thioether (sulfide) groups is 1. The monoisotopic (exact) mass is 441 g/mol. The van der Waals surface area contributed by atoms with Crippen molar-refractivity contribution in [2.45, 2.75) is 51.2 Å². The van der Waals surface area contributed by atoms with E-state index in [4.69, 9.17) is 4.98 Å². The molecule has 0 saturated carbocycles. The molecule has 0 radical (unpaired) electrons. The van der Waals surface area contributed by atoms with Gasteiger partial charge in [-0.15, -0.1) is 11.3 Å². The van der Waals surface area contributed by atoms with Gasteiger partial charge in [0.15, 0.2) is 5.16 Å². The van der Waals surface area contributed by atoms with Crippen molar-refractivity contribution in [1.29, 1.82) is 0 Å². The Balaban J connectivity index is 1.46. The van der Waals surface area contributed by atoms with Gasteiger partial charge in [-0.05, 0) is 49.7 Å². The minimum absolute atomic E-state index is 0.0350. The molecule has 7 heteroatoms. The first-order chi connectivity index (χ1) is 14.6. The van der Waals surface area contributed by atoms with Crippen LogP contribution in [0.5, 0.6) is 0 Å². The fraction of sp³-hybridized carbons (Fsp3) is 0.435. The van der Waals surface area contributed by atoms with Crippen molar-refractivity contribution < 1.29 is 4.79 Å². The molecule has 3 aromatic rings. The summed E-state index contributed by atoms with van der Waals surface area (Å²) >= 11 is 3.01. The molecule has 0 fully saturated rings. The Kier molecular flexibility index (Phi) is 6.58. The second kappa shape index (κ2) is 9.35. The van der Waals surface area contributed by atoms with Gasteiger partial charge in [0.2, 0.25) is 5.91 Å². The first-order valence-electron chi connectivity index (χ1n) is 10.5. The Labute approximate surface area is 184 Å². The number of aryl methyl sites for hydroxylation is 1. The van der Waals surface area contributed by atoms with Gasteiger partial charge in [-0.1, -0.05) is 49.0 Å². The number of hydrogen-bond donors (Lipinski definition) is 1. The van der Waals surface area contributed by atoms with Crippen LogP contribution in [0.15, 0.2) is 40.3 Å². The van der Waals surface area contributed by atoms with Crippen LogP contribution < -0.4 is 10.9 Å². The molecule has 1 unspecified atom stereocenters. The molecular weight excluding hydrogens is 414 g/mol. The molecule has 1 aliphatic carbocycles. The summed E-state index contributed by atoms with van der Waals surface area (Å²) in [6, 6.07) is 10.1. The van der Waals surface area contributed by atoms with Gasteiger partial charge in [0, 0.05) is 18.0 Å². The molecule has 0 saturated heterocycles. The first-order valence-corrected chi connectivity index (χ1v) is 12.4. The molecule has 1 N–H and O–H groups in total. The summed E-state index contributed by atoms with van der Waals surface area (Å²) in [7, 11) is 0. The van der Waals surface area contributed by atoms with E-state index in [1.54, 1.807) is 15.9 Å². The van der Waals surface area contributed by atoms with E-state index in [1.165, 1.54) is 27.8 Å². The van der Waals surface area contributed by atoms with Gasteiger partial charge >= 0.3 is 0 Å². The van der Waals surface area contributed by atoms with Crippen LogP contribution in [0.25, 0.3) is 10.2 Å². The van der Waals surface area contributed by atoms with Gasteiger partial charge in [-0.3, -0.25) is 14.2 Å². The number of benzene rings is 1. The van der Waals surface area contributed by atoms with E-state index in [0.717, 1.165) is 35.9 Å². The summed E-state index contributed by atoms with van der Waals surface area (Å²) in [5.74, 6) is 0.883. The number of carbonyl (C=O) groups excluding carboxylic acids is 1. The van der Waals surface area contributed by atoms with Crippen LogP contribution in [0.1, 0.15) is 36.3 Å². The zero-order chi connectivity index (χ0) is 21.1. The van der Waals surface area contributed by atoms with Crippen LogP contribution in [-0.2, 0) is 30.6 Å². The lowest BCUT2D eigenvalue weighted by Gasteiger charge is -2.17. The van der Waals surface area contributed by atoms with Crippen molar-refractivity contribution in [3.63, 3.8) is 0 Å². The highest BCUT2D eigenvalue weighted by Gasteiger charge is 2.24. The van der Waals surface area contributed by atoms with Gasteiger partial charge in [0.1, 0.15) is 4.83 Å². The Bertz CT molecular complexity index is 1110. The van der Waals surface area contributed by atoms with Crippen LogP contribution in [0.3, 0.4) is 0 Å². The number of amides is 1. The highest BCUT2D eigenvalue weighted by Crippen LogP contribution is 2.36. The number of carbonyl (C=O) groups is 1. The van der Waals surface area contributed by atoms with Crippen molar-refractivity contribution in [3.05, 3.63) is 56.7 Å². The molecule has 1 amide bonds. The van der Waals surface area contributed by atoms with Gasteiger partial charge in [-0.2, -0.15) is 0 Å². The van der Waals surface area contributed by atoms with Gasteiger partial charge in [0.25, 0.3) is 5.56 Å². The van der Waals surface area contributed by atoms with E-state index < -0.39 is 0 Å². The highest BCUT2D eigenvalue weighted by atomic mass is 32.2. The minimum atomic E-state index is -0.0350. The maximum absolute atomic E-state index is 13.2. The van der Waals surface area contributed by atoms with E-state index in [1.807, 2.05) is 25.1 Å². The number of fused-ring (bicyclic) bond motifs is 3. The lowest BCUT2D eigenvalue weighted by molar-refractivity contribution is -0.118. The molecule has 30 heavy (non-hydrogen) atoms.